The Bertz CT molecular complexity index is 777. The second-order valence-corrected chi connectivity index (χ2v) is 6.93. The largest absolute Gasteiger partial charge is 0.355 e. The third-order valence-electron chi connectivity index (χ3n) is 4.24. The van der Waals surface area contributed by atoms with Gasteiger partial charge in [0.25, 0.3) is 0 Å². The van der Waals surface area contributed by atoms with E-state index < -0.39 is 0 Å². The lowest BCUT2D eigenvalue weighted by Crippen LogP contribution is -2.34. The predicted molar refractivity (Wildman–Crippen MR) is 100 cm³/mol. The Morgan fingerprint density at radius 1 is 1.12 bits per heavy atom. The molecule has 1 N–H and O–H groups in total. The summed E-state index contributed by atoms with van der Waals surface area (Å²) in [6, 6.07) is 14.6. The molecule has 1 aliphatic rings. The van der Waals surface area contributed by atoms with Crippen LogP contribution in [-0.4, -0.2) is 24.9 Å². The molecule has 0 radical (unpaired) electrons. The Kier molecular flexibility index (Phi) is 5.61. The minimum atomic E-state index is -0.331. The molecule has 1 atom stereocenters. The van der Waals surface area contributed by atoms with E-state index in [-0.39, 0.29) is 24.2 Å². The number of benzene rings is 2. The molecule has 130 valence electrons. The van der Waals surface area contributed by atoms with E-state index in [1.807, 2.05) is 24.3 Å². The summed E-state index contributed by atoms with van der Waals surface area (Å²) in [6.45, 7) is 0.911. The van der Waals surface area contributed by atoms with Crippen LogP contribution in [0.5, 0.6) is 0 Å². The van der Waals surface area contributed by atoms with Crippen molar-refractivity contribution in [3.63, 3.8) is 0 Å². The molecule has 0 aliphatic carbocycles. The first-order valence-electron chi connectivity index (χ1n) is 8.11. The van der Waals surface area contributed by atoms with Crippen LogP contribution in [0.25, 0.3) is 0 Å². The summed E-state index contributed by atoms with van der Waals surface area (Å²) in [4.78, 5) is 26.2. The van der Waals surface area contributed by atoms with E-state index in [4.69, 9.17) is 23.2 Å². The number of hydrogen-bond donors (Lipinski definition) is 1. The quantitative estimate of drug-likeness (QED) is 0.864. The van der Waals surface area contributed by atoms with Crippen LogP contribution in [0, 0.1) is 5.92 Å². The smallest absolute Gasteiger partial charge is 0.227 e. The maximum Gasteiger partial charge on any atom is 0.227 e. The summed E-state index contributed by atoms with van der Waals surface area (Å²) < 4.78 is 0. The zero-order valence-electron chi connectivity index (χ0n) is 13.5. The van der Waals surface area contributed by atoms with E-state index in [1.165, 1.54) is 0 Å². The fraction of sp³-hybridized carbons (Fsp3) is 0.263. The Labute approximate surface area is 156 Å². The van der Waals surface area contributed by atoms with Gasteiger partial charge >= 0.3 is 0 Å². The monoisotopic (exact) mass is 376 g/mol. The minimum Gasteiger partial charge on any atom is -0.355 e. The highest BCUT2D eigenvalue weighted by Crippen LogP contribution is 2.26. The number of rotatable bonds is 5. The van der Waals surface area contributed by atoms with E-state index in [9.17, 15) is 9.59 Å². The second-order valence-electron chi connectivity index (χ2n) is 6.05. The molecule has 1 fully saturated rings. The molecule has 1 heterocycles. The van der Waals surface area contributed by atoms with Gasteiger partial charge in [-0.2, -0.15) is 0 Å². The zero-order chi connectivity index (χ0) is 17.8. The molecule has 1 unspecified atom stereocenters. The predicted octanol–water partition coefficient (Wildman–Crippen LogP) is 3.71. The molecule has 0 spiro atoms. The van der Waals surface area contributed by atoms with Gasteiger partial charge in [-0.25, -0.2) is 0 Å². The highest BCUT2D eigenvalue weighted by atomic mass is 35.5. The van der Waals surface area contributed by atoms with Crippen molar-refractivity contribution in [2.24, 2.45) is 5.92 Å². The molecule has 2 aromatic rings. The Balaban J connectivity index is 1.53. The molecular weight excluding hydrogens is 359 g/mol. The number of halogens is 2. The molecule has 2 aromatic carbocycles. The molecule has 3 rings (SSSR count). The van der Waals surface area contributed by atoms with E-state index in [0.717, 1.165) is 11.3 Å². The van der Waals surface area contributed by atoms with Crippen LogP contribution in [0.2, 0.25) is 10.0 Å². The SMILES string of the molecule is O=C(NCCc1cccc(Cl)c1)C1CC(=O)N(c2ccc(Cl)cc2)C1. The van der Waals surface area contributed by atoms with Crippen molar-refractivity contribution in [3.8, 4) is 0 Å². The Hall–Kier alpha value is -2.04. The average molecular weight is 377 g/mol. The van der Waals surface area contributed by atoms with Crippen molar-refractivity contribution in [3.05, 3.63) is 64.1 Å². The number of carbonyl (C=O) groups excluding carboxylic acids is 2. The topological polar surface area (TPSA) is 49.4 Å². The van der Waals surface area contributed by atoms with Crippen molar-refractivity contribution in [2.45, 2.75) is 12.8 Å². The maximum absolute atomic E-state index is 12.3. The second kappa shape index (κ2) is 7.89. The fourth-order valence-electron chi connectivity index (χ4n) is 2.92. The van der Waals surface area contributed by atoms with Gasteiger partial charge in [0.1, 0.15) is 0 Å². The first-order valence-corrected chi connectivity index (χ1v) is 8.86. The van der Waals surface area contributed by atoms with Crippen LogP contribution < -0.4 is 10.2 Å². The molecule has 1 saturated heterocycles. The maximum atomic E-state index is 12.3. The van der Waals surface area contributed by atoms with E-state index in [1.54, 1.807) is 29.2 Å². The third-order valence-corrected chi connectivity index (χ3v) is 4.72. The first kappa shape index (κ1) is 17.8. The molecule has 6 heteroatoms. The van der Waals surface area contributed by atoms with Crippen LogP contribution in [0.4, 0.5) is 5.69 Å². The summed E-state index contributed by atoms with van der Waals surface area (Å²) in [6.07, 6.45) is 0.930. The highest BCUT2D eigenvalue weighted by Gasteiger charge is 2.34. The first-order chi connectivity index (χ1) is 12.0. The van der Waals surface area contributed by atoms with Gasteiger partial charge in [0, 0.05) is 35.2 Å². The van der Waals surface area contributed by atoms with Crippen molar-refractivity contribution in [1.29, 1.82) is 0 Å². The molecule has 1 aliphatic heterocycles. The number of hydrogen-bond acceptors (Lipinski definition) is 2. The van der Waals surface area contributed by atoms with Crippen molar-refractivity contribution in [1.82, 2.24) is 5.32 Å². The lowest BCUT2D eigenvalue weighted by molar-refractivity contribution is -0.126. The molecule has 4 nitrogen and oxygen atoms in total. The van der Waals surface area contributed by atoms with Gasteiger partial charge in [0.15, 0.2) is 0 Å². The fourth-order valence-corrected chi connectivity index (χ4v) is 3.26. The lowest BCUT2D eigenvalue weighted by Gasteiger charge is -2.16. The molecular formula is C19H18Cl2N2O2. The molecule has 0 bridgehead atoms. The summed E-state index contributed by atoms with van der Waals surface area (Å²) in [5.74, 6) is -0.466. The highest BCUT2D eigenvalue weighted by molar-refractivity contribution is 6.30. The number of nitrogens with zero attached hydrogens (tertiary/aromatic N) is 1. The van der Waals surface area contributed by atoms with Crippen LogP contribution in [0.15, 0.2) is 48.5 Å². The summed E-state index contributed by atoms with van der Waals surface area (Å²) in [5.41, 5.74) is 1.83. The number of nitrogens with one attached hydrogen (secondary N) is 1. The Morgan fingerprint density at radius 2 is 1.88 bits per heavy atom. The normalized spacial score (nSPS) is 17.0. The summed E-state index contributed by atoms with van der Waals surface area (Å²) in [5, 5.41) is 4.21. The van der Waals surface area contributed by atoms with E-state index >= 15 is 0 Å². The van der Waals surface area contributed by atoms with Gasteiger partial charge < -0.3 is 10.2 Å². The summed E-state index contributed by atoms with van der Waals surface area (Å²) in [7, 11) is 0. The van der Waals surface area contributed by atoms with E-state index in [2.05, 4.69) is 5.32 Å². The van der Waals surface area contributed by atoms with Gasteiger partial charge in [-0.15, -0.1) is 0 Å². The molecule has 0 saturated carbocycles. The zero-order valence-corrected chi connectivity index (χ0v) is 15.1. The van der Waals surface area contributed by atoms with Gasteiger partial charge in [-0.05, 0) is 48.4 Å². The van der Waals surface area contributed by atoms with Crippen LogP contribution in [0.1, 0.15) is 12.0 Å². The number of carbonyl (C=O) groups is 2. The standard InChI is InChI=1S/C19H18Cl2N2O2/c20-15-4-6-17(7-5-15)23-12-14(11-18(23)24)19(25)22-9-8-13-2-1-3-16(21)10-13/h1-7,10,14H,8-9,11-12H2,(H,22,25). The molecule has 2 amide bonds. The van der Waals surface area contributed by atoms with Gasteiger partial charge in [-0.3, -0.25) is 9.59 Å². The number of anilines is 1. The van der Waals surface area contributed by atoms with Gasteiger partial charge in [-0.1, -0.05) is 35.3 Å². The van der Waals surface area contributed by atoms with Gasteiger partial charge in [0.05, 0.1) is 5.92 Å². The average Bonchev–Trinajstić information content (AvgIpc) is 2.97. The van der Waals surface area contributed by atoms with Crippen molar-refractivity contribution < 1.29 is 9.59 Å². The number of amides is 2. The minimum absolute atomic E-state index is 0.0442. The molecule has 25 heavy (non-hydrogen) atoms. The van der Waals surface area contributed by atoms with Crippen molar-refractivity contribution in [2.75, 3.05) is 18.0 Å². The lowest BCUT2D eigenvalue weighted by atomic mass is 10.1. The summed E-state index contributed by atoms with van der Waals surface area (Å²) >= 11 is 11.8. The molecule has 0 aromatic heterocycles. The van der Waals surface area contributed by atoms with E-state index in [0.29, 0.717) is 29.6 Å². The third kappa shape index (κ3) is 4.53. The van der Waals surface area contributed by atoms with Crippen LogP contribution in [-0.2, 0) is 16.0 Å². The van der Waals surface area contributed by atoms with Crippen LogP contribution in [0.3, 0.4) is 0 Å². The van der Waals surface area contributed by atoms with Gasteiger partial charge in [0.2, 0.25) is 11.8 Å². The Morgan fingerprint density at radius 3 is 2.60 bits per heavy atom. The van der Waals surface area contributed by atoms with Crippen molar-refractivity contribution >= 4 is 40.7 Å². The van der Waals surface area contributed by atoms with Crippen LogP contribution >= 0.6 is 23.2 Å².